The van der Waals surface area contributed by atoms with E-state index in [1.165, 1.54) is 5.56 Å². The predicted octanol–water partition coefficient (Wildman–Crippen LogP) is 5.17. The number of hydrogen-bond acceptors (Lipinski definition) is 3. The van der Waals surface area contributed by atoms with Gasteiger partial charge in [-0.25, -0.2) is 0 Å². The molecule has 0 N–H and O–H groups in total. The quantitative estimate of drug-likeness (QED) is 0.724. The van der Waals surface area contributed by atoms with Gasteiger partial charge in [0.15, 0.2) is 0 Å². The van der Waals surface area contributed by atoms with Crippen LogP contribution in [0, 0.1) is 0 Å². The maximum absolute atomic E-state index is 4.27. The van der Waals surface area contributed by atoms with E-state index in [-0.39, 0.29) is 0 Å². The molecule has 0 amide bonds. The molecule has 1 unspecified atom stereocenters. The summed E-state index contributed by atoms with van der Waals surface area (Å²) >= 11 is 5.27. The number of alkyl halides is 1. The maximum atomic E-state index is 4.27. The number of hydrogen-bond donors (Lipinski definition) is 0. The van der Waals surface area contributed by atoms with Gasteiger partial charge in [-0.15, -0.1) is 10.2 Å². The minimum atomic E-state index is 0.318. The summed E-state index contributed by atoms with van der Waals surface area (Å²) in [6.45, 7) is 6.54. The van der Waals surface area contributed by atoms with Crippen LogP contribution in [0.2, 0.25) is 0 Å². The van der Waals surface area contributed by atoms with Crippen LogP contribution in [0.5, 0.6) is 0 Å². The number of rotatable bonds is 4. The topological polar surface area (TPSA) is 25.8 Å². The van der Waals surface area contributed by atoms with Gasteiger partial charge >= 0.3 is 0 Å². The first-order chi connectivity index (χ1) is 8.61. The first-order valence-electron chi connectivity index (χ1n) is 6.19. The van der Waals surface area contributed by atoms with Gasteiger partial charge in [0.2, 0.25) is 0 Å². The first kappa shape index (κ1) is 13.7. The molecule has 0 aliphatic carbocycles. The van der Waals surface area contributed by atoms with Gasteiger partial charge in [0.25, 0.3) is 0 Å². The summed E-state index contributed by atoms with van der Waals surface area (Å²) in [5.41, 5.74) is 2.51. The molecule has 96 valence electrons. The Morgan fingerprint density at radius 3 is 2.39 bits per heavy atom. The Morgan fingerprint density at radius 1 is 1.17 bits per heavy atom. The fourth-order valence-electron chi connectivity index (χ4n) is 1.66. The van der Waals surface area contributed by atoms with Gasteiger partial charge in [0.1, 0.15) is 10.0 Å². The minimum Gasteiger partial charge on any atom is -0.142 e. The lowest BCUT2D eigenvalue weighted by atomic mass is 10.0. The van der Waals surface area contributed by atoms with E-state index in [4.69, 9.17) is 0 Å². The molecule has 1 heterocycles. The summed E-state index contributed by atoms with van der Waals surface area (Å²) in [5.74, 6) is 0.566. The zero-order valence-corrected chi connectivity index (χ0v) is 13.3. The van der Waals surface area contributed by atoms with Crippen molar-refractivity contribution >= 4 is 27.3 Å². The van der Waals surface area contributed by atoms with Crippen LogP contribution in [0.1, 0.15) is 48.5 Å². The van der Waals surface area contributed by atoms with Gasteiger partial charge in [0.05, 0.1) is 4.83 Å². The molecule has 0 bridgehead atoms. The molecule has 0 aliphatic heterocycles. The lowest BCUT2D eigenvalue weighted by molar-refractivity contribution is 0.866. The van der Waals surface area contributed by atoms with E-state index in [1.54, 1.807) is 11.3 Å². The van der Waals surface area contributed by atoms with Crippen LogP contribution in [0.3, 0.4) is 0 Å². The molecule has 0 radical (unpaired) electrons. The van der Waals surface area contributed by atoms with Crippen LogP contribution >= 0.6 is 27.3 Å². The Balaban J connectivity index is 2.23. The van der Waals surface area contributed by atoms with E-state index < -0.39 is 0 Å². The van der Waals surface area contributed by atoms with E-state index in [9.17, 15) is 0 Å². The second kappa shape index (κ2) is 5.93. The monoisotopic (exact) mass is 324 g/mol. The fraction of sp³-hybridized carbons (Fsp3) is 0.429. The molecular weight excluding hydrogens is 308 g/mol. The molecule has 0 spiro atoms. The van der Waals surface area contributed by atoms with Crippen molar-refractivity contribution in [3.05, 3.63) is 34.8 Å². The SMILES string of the molecule is CCC(Br)c1nnc(-c2ccc(C(C)C)cc2)s1. The maximum Gasteiger partial charge on any atom is 0.147 e. The Kier molecular flexibility index (Phi) is 4.51. The van der Waals surface area contributed by atoms with Gasteiger partial charge in [-0.2, -0.15) is 0 Å². The molecule has 4 heteroatoms. The molecular formula is C14H17BrN2S. The van der Waals surface area contributed by atoms with Gasteiger partial charge < -0.3 is 0 Å². The van der Waals surface area contributed by atoms with Crippen molar-refractivity contribution in [1.82, 2.24) is 10.2 Å². The van der Waals surface area contributed by atoms with Gasteiger partial charge in [0, 0.05) is 5.56 Å². The smallest absolute Gasteiger partial charge is 0.142 e. The van der Waals surface area contributed by atoms with E-state index in [0.717, 1.165) is 22.0 Å². The molecule has 0 aliphatic rings. The van der Waals surface area contributed by atoms with Crippen LogP contribution < -0.4 is 0 Å². The van der Waals surface area contributed by atoms with Crippen molar-refractivity contribution in [3.8, 4) is 10.6 Å². The van der Waals surface area contributed by atoms with Gasteiger partial charge in [-0.05, 0) is 17.9 Å². The third-order valence-corrected chi connectivity index (χ3v) is 5.36. The van der Waals surface area contributed by atoms with Crippen molar-refractivity contribution in [3.63, 3.8) is 0 Å². The summed E-state index contributed by atoms with van der Waals surface area (Å²) in [6.07, 6.45) is 1.03. The first-order valence-corrected chi connectivity index (χ1v) is 7.92. The van der Waals surface area contributed by atoms with Crippen LogP contribution in [0.4, 0.5) is 0 Å². The van der Waals surface area contributed by atoms with E-state index in [1.807, 2.05) is 0 Å². The lowest BCUT2D eigenvalue weighted by Gasteiger charge is -2.04. The average Bonchev–Trinajstić information content (AvgIpc) is 2.87. The summed E-state index contributed by atoms with van der Waals surface area (Å²) < 4.78 is 0. The fourth-order valence-corrected chi connectivity index (χ4v) is 2.94. The molecule has 2 nitrogen and oxygen atoms in total. The molecule has 0 saturated carbocycles. The number of aromatic nitrogens is 2. The zero-order chi connectivity index (χ0) is 13.1. The van der Waals surface area contributed by atoms with Crippen LogP contribution in [-0.2, 0) is 0 Å². The summed E-state index contributed by atoms with van der Waals surface area (Å²) in [5, 5.41) is 10.6. The van der Waals surface area contributed by atoms with Crippen molar-refractivity contribution in [2.45, 2.75) is 37.9 Å². The number of nitrogens with zero attached hydrogens (tertiary/aromatic N) is 2. The zero-order valence-electron chi connectivity index (χ0n) is 10.9. The minimum absolute atomic E-state index is 0.318. The van der Waals surface area contributed by atoms with Crippen LogP contribution in [0.25, 0.3) is 10.6 Å². The predicted molar refractivity (Wildman–Crippen MR) is 81.4 cm³/mol. The van der Waals surface area contributed by atoms with Gasteiger partial charge in [-0.3, -0.25) is 0 Å². The Bertz CT molecular complexity index is 505. The van der Waals surface area contributed by atoms with Crippen molar-refractivity contribution in [2.75, 3.05) is 0 Å². The number of benzene rings is 1. The molecule has 1 atom stereocenters. The second-order valence-corrected chi connectivity index (χ2v) is 6.71. The molecule has 1 aromatic heterocycles. The molecule has 0 fully saturated rings. The van der Waals surface area contributed by atoms with E-state index in [2.05, 4.69) is 71.2 Å². The van der Waals surface area contributed by atoms with Crippen molar-refractivity contribution in [1.29, 1.82) is 0 Å². The normalized spacial score (nSPS) is 12.9. The average molecular weight is 325 g/mol. The van der Waals surface area contributed by atoms with E-state index in [0.29, 0.717) is 10.7 Å². The summed E-state index contributed by atoms with van der Waals surface area (Å²) in [6, 6.07) is 8.61. The van der Waals surface area contributed by atoms with Crippen LogP contribution in [0.15, 0.2) is 24.3 Å². The molecule has 18 heavy (non-hydrogen) atoms. The highest BCUT2D eigenvalue weighted by Crippen LogP contribution is 2.32. The Labute approximate surface area is 121 Å². The second-order valence-electron chi connectivity index (χ2n) is 4.60. The standard InChI is InChI=1S/C14H17BrN2S/c1-4-12(15)14-17-16-13(18-14)11-7-5-10(6-8-11)9(2)3/h5-9,12H,4H2,1-3H3. The highest BCUT2D eigenvalue weighted by Gasteiger charge is 2.12. The Hall–Kier alpha value is -0.740. The molecule has 1 aromatic carbocycles. The molecule has 0 saturated heterocycles. The van der Waals surface area contributed by atoms with Crippen LogP contribution in [-0.4, -0.2) is 10.2 Å². The highest BCUT2D eigenvalue weighted by atomic mass is 79.9. The summed E-state index contributed by atoms with van der Waals surface area (Å²) in [4.78, 5) is 0.318. The van der Waals surface area contributed by atoms with Gasteiger partial charge in [-0.1, -0.05) is 72.3 Å². The van der Waals surface area contributed by atoms with E-state index >= 15 is 0 Å². The third-order valence-electron chi connectivity index (χ3n) is 2.89. The van der Waals surface area contributed by atoms with Crippen molar-refractivity contribution in [2.24, 2.45) is 0 Å². The number of halogens is 1. The Morgan fingerprint density at radius 2 is 1.83 bits per heavy atom. The van der Waals surface area contributed by atoms with Crippen molar-refractivity contribution < 1.29 is 0 Å². The largest absolute Gasteiger partial charge is 0.147 e. The lowest BCUT2D eigenvalue weighted by Crippen LogP contribution is -1.86. The summed E-state index contributed by atoms with van der Waals surface area (Å²) in [7, 11) is 0. The third kappa shape index (κ3) is 2.98. The molecule has 2 rings (SSSR count). The highest BCUT2D eigenvalue weighted by molar-refractivity contribution is 9.09. The molecule has 2 aromatic rings.